The zero-order valence-electron chi connectivity index (χ0n) is 16.6. The van der Waals surface area contributed by atoms with Gasteiger partial charge >= 0.3 is 0 Å². The van der Waals surface area contributed by atoms with Gasteiger partial charge in [0.15, 0.2) is 0 Å². The van der Waals surface area contributed by atoms with E-state index >= 15 is 0 Å². The molecule has 0 saturated carbocycles. The summed E-state index contributed by atoms with van der Waals surface area (Å²) in [6, 6.07) is 13.9. The summed E-state index contributed by atoms with van der Waals surface area (Å²) < 4.78 is 27.3. The first-order valence-corrected chi connectivity index (χ1v) is 10.9. The first-order chi connectivity index (χ1) is 13.3. The number of likely N-dealkylation sites (N-methyl/N-ethyl adjacent to an activating group) is 1. The molecule has 150 valence electrons. The maximum atomic E-state index is 12.9. The number of amides is 1. The van der Waals surface area contributed by atoms with Crippen LogP contribution in [-0.4, -0.2) is 56.8 Å². The summed E-state index contributed by atoms with van der Waals surface area (Å²) >= 11 is 0. The number of carbonyl (C=O) groups is 1. The van der Waals surface area contributed by atoms with Crippen LogP contribution in [0.5, 0.6) is 0 Å². The highest BCUT2D eigenvalue weighted by Crippen LogP contribution is 2.21. The molecule has 0 spiro atoms. The first-order valence-electron chi connectivity index (χ1n) is 9.47. The lowest BCUT2D eigenvalue weighted by atomic mass is 10.0. The van der Waals surface area contributed by atoms with Crippen LogP contribution in [0.2, 0.25) is 0 Å². The Morgan fingerprint density at radius 1 is 1.00 bits per heavy atom. The summed E-state index contributed by atoms with van der Waals surface area (Å²) in [4.78, 5) is 14.9. The predicted molar refractivity (Wildman–Crippen MR) is 111 cm³/mol. The molecule has 1 amide bonds. The monoisotopic (exact) mass is 401 g/mol. The molecule has 0 bridgehead atoms. The summed E-state index contributed by atoms with van der Waals surface area (Å²) in [6.45, 7) is 6.53. The van der Waals surface area contributed by atoms with Crippen LogP contribution in [0.4, 0.5) is 5.69 Å². The van der Waals surface area contributed by atoms with Crippen molar-refractivity contribution >= 4 is 21.6 Å². The van der Waals surface area contributed by atoms with Gasteiger partial charge in [-0.25, -0.2) is 8.42 Å². The zero-order chi connectivity index (χ0) is 20.3. The summed E-state index contributed by atoms with van der Waals surface area (Å²) in [5.74, 6) is 0.0916. The lowest BCUT2D eigenvalue weighted by Crippen LogP contribution is -2.47. The van der Waals surface area contributed by atoms with E-state index in [9.17, 15) is 13.2 Å². The molecule has 0 aromatic heterocycles. The van der Waals surface area contributed by atoms with Crippen LogP contribution >= 0.6 is 0 Å². The number of anilines is 1. The third-order valence-corrected chi connectivity index (χ3v) is 6.93. The van der Waals surface area contributed by atoms with Gasteiger partial charge in [0.1, 0.15) is 0 Å². The smallest absolute Gasteiger partial charge is 0.255 e. The number of carbonyl (C=O) groups excluding carboxylic acids is 1. The number of rotatable bonds is 5. The van der Waals surface area contributed by atoms with Gasteiger partial charge in [-0.1, -0.05) is 32.0 Å². The van der Waals surface area contributed by atoms with E-state index in [1.807, 2.05) is 31.3 Å². The van der Waals surface area contributed by atoms with Crippen LogP contribution in [0.3, 0.4) is 0 Å². The third-order valence-electron chi connectivity index (χ3n) is 5.03. The van der Waals surface area contributed by atoms with Gasteiger partial charge in [-0.15, -0.1) is 0 Å². The Hall–Kier alpha value is -2.22. The quantitative estimate of drug-likeness (QED) is 0.836. The number of sulfonamides is 1. The molecule has 1 saturated heterocycles. The fourth-order valence-electron chi connectivity index (χ4n) is 3.13. The van der Waals surface area contributed by atoms with E-state index in [-0.39, 0.29) is 10.8 Å². The molecule has 0 atom stereocenters. The second-order valence-electron chi connectivity index (χ2n) is 7.47. The number of piperazine rings is 1. The van der Waals surface area contributed by atoms with E-state index in [2.05, 4.69) is 24.1 Å². The van der Waals surface area contributed by atoms with Crippen molar-refractivity contribution in [1.82, 2.24) is 9.21 Å². The van der Waals surface area contributed by atoms with Crippen LogP contribution in [0, 0.1) is 0 Å². The molecule has 2 aromatic carbocycles. The van der Waals surface area contributed by atoms with E-state index in [0.29, 0.717) is 43.3 Å². The molecule has 2 aromatic rings. The van der Waals surface area contributed by atoms with Crippen LogP contribution in [0.15, 0.2) is 53.4 Å². The van der Waals surface area contributed by atoms with Gasteiger partial charge < -0.3 is 10.2 Å². The average molecular weight is 402 g/mol. The molecule has 0 aliphatic carbocycles. The maximum absolute atomic E-state index is 12.9. The molecule has 0 unspecified atom stereocenters. The van der Waals surface area contributed by atoms with E-state index in [4.69, 9.17) is 0 Å². The normalized spacial score (nSPS) is 16.3. The van der Waals surface area contributed by atoms with Crippen molar-refractivity contribution < 1.29 is 13.2 Å². The first kappa shape index (κ1) is 20.5. The Balaban J connectivity index is 1.76. The highest BCUT2D eigenvalue weighted by Gasteiger charge is 2.27. The SMILES string of the molecule is CC(C)c1ccc(NC(=O)c2cccc(S(=O)(=O)N3CCN(C)CC3)c2)cc1. The molecule has 1 N–H and O–H groups in total. The Morgan fingerprint density at radius 2 is 1.64 bits per heavy atom. The van der Waals surface area contributed by atoms with Crippen LogP contribution in [0.25, 0.3) is 0 Å². The van der Waals surface area contributed by atoms with Gasteiger partial charge in [-0.3, -0.25) is 4.79 Å². The van der Waals surface area contributed by atoms with E-state index in [0.717, 1.165) is 0 Å². The van der Waals surface area contributed by atoms with Crippen LogP contribution in [0.1, 0.15) is 35.7 Å². The Labute approximate surface area is 167 Å². The number of hydrogen-bond acceptors (Lipinski definition) is 4. The highest BCUT2D eigenvalue weighted by molar-refractivity contribution is 7.89. The second-order valence-corrected chi connectivity index (χ2v) is 9.40. The Bertz CT molecular complexity index is 932. The Kier molecular flexibility index (Phi) is 6.17. The molecular formula is C21H27N3O3S. The van der Waals surface area contributed by atoms with E-state index in [1.165, 1.54) is 15.9 Å². The molecule has 1 fully saturated rings. The summed E-state index contributed by atoms with van der Waals surface area (Å²) in [7, 11) is -1.63. The van der Waals surface area contributed by atoms with Gasteiger partial charge in [0.25, 0.3) is 5.91 Å². The lowest BCUT2D eigenvalue weighted by Gasteiger charge is -2.31. The molecular weight excluding hydrogens is 374 g/mol. The lowest BCUT2D eigenvalue weighted by molar-refractivity contribution is 0.102. The van der Waals surface area contributed by atoms with E-state index < -0.39 is 10.0 Å². The number of nitrogens with zero attached hydrogens (tertiary/aromatic N) is 2. The minimum absolute atomic E-state index is 0.153. The van der Waals surface area contributed by atoms with Crippen molar-refractivity contribution in [3.05, 3.63) is 59.7 Å². The standard InChI is InChI=1S/C21H27N3O3S/c1-16(2)17-7-9-19(10-8-17)22-21(25)18-5-4-6-20(15-18)28(26,27)24-13-11-23(3)12-14-24/h4-10,15-16H,11-14H2,1-3H3,(H,22,25). The minimum atomic E-state index is -3.60. The molecule has 1 aliphatic heterocycles. The van der Waals surface area contributed by atoms with Crippen LogP contribution < -0.4 is 5.32 Å². The van der Waals surface area contributed by atoms with Crippen molar-refractivity contribution in [2.45, 2.75) is 24.7 Å². The summed E-state index contributed by atoms with van der Waals surface area (Å²) in [5.41, 5.74) is 2.20. The van der Waals surface area contributed by atoms with Crippen molar-refractivity contribution in [2.24, 2.45) is 0 Å². The molecule has 1 aliphatic rings. The minimum Gasteiger partial charge on any atom is -0.322 e. The number of hydrogen-bond donors (Lipinski definition) is 1. The largest absolute Gasteiger partial charge is 0.322 e. The fourth-order valence-corrected chi connectivity index (χ4v) is 4.60. The van der Waals surface area contributed by atoms with Gasteiger partial charge in [0.05, 0.1) is 4.90 Å². The van der Waals surface area contributed by atoms with Crippen molar-refractivity contribution in [3.63, 3.8) is 0 Å². The highest BCUT2D eigenvalue weighted by atomic mass is 32.2. The van der Waals surface area contributed by atoms with Crippen molar-refractivity contribution in [2.75, 3.05) is 38.5 Å². The zero-order valence-corrected chi connectivity index (χ0v) is 17.4. The molecule has 28 heavy (non-hydrogen) atoms. The van der Waals surface area contributed by atoms with Crippen molar-refractivity contribution in [3.8, 4) is 0 Å². The van der Waals surface area contributed by atoms with Crippen molar-refractivity contribution in [1.29, 1.82) is 0 Å². The number of nitrogens with one attached hydrogen (secondary N) is 1. The average Bonchev–Trinajstić information content (AvgIpc) is 2.69. The Morgan fingerprint density at radius 3 is 2.25 bits per heavy atom. The molecule has 0 radical (unpaired) electrons. The molecule has 6 nitrogen and oxygen atoms in total. The van der Waals surface area contributed by atoms with Gasteiger partial charge in [0, 0.05) is 37.4 Å². The maximum Gasteiger partial charge on any atom is 0.255 e. The van der Waals surface area contributed by atoms with Gasteiger partial charge in [-0.05, 0) is 48.9 Å². The van der Waals surface area contributed by atoms with Gasteiger partial charge in [0.2, 0.25) is 10.0 Å². The number of benzene rings is 2. The third kappa shape index (κ3) is 4.60. The topological polar surface area (TPSA) is 69.7 Å². The predicted octanol–water partition coefficient (Wildman–Crippen LogP) is 3.00. The molecule has 3 rings (SSSR count). The van der Waals surface area contributed by atoms with Crippen LogP contribution in [-0.2, 0) is 10.0 Å². The molecule has 7 heteroatoms. The van der Waals surface area contributed by atoms with E-state index in [1.54, 1.807) is 18.2 Å². The second kappa shape index (κ2) is 8.43. The summed E-state index contributed by atoms with van der Waals surface area (Å²) in [6.07, 6.45) is 0. The fraction of sp³-hybridized carbons (Fsp3) is 0.381. The molecule has 1 heterocycles. The van der Waals surface area contributed by atoms with Gasteiger partial charge in [-0.2, -0.15) is 4.31 Å². The summed E-state index contributed by atoms with van der Waals surface area (Å²) in [5, 5.41) is 2.83.